The highest BCUT2D eigenvalue weighted by atomic mass is 16.7. The summed E-state index contributed by atoms with van der Waals surface area (Å²) >= 11 is 0. The second-order valence-electron chi connectivity index (χ2n) is 9.96. The minimum absolute atomic E-state index is 0.0212. The molecular weight excluding hydrogens is 498 g/mol. The molecule has 1 fully saturated rings. The first-order valence-electron chi connectivity index (χ1n) is 13.0. The fourth-order valence-electron chi connectivity index (χ4n) is 5.17. The monoisotopic (exact) mass is 527 g/mol. The van der Waals surface area contributed by atoms with Gasteiger partial charge < -0.3 is 24.0 Å². The van der Waals surface area contributed by atoms with Gasteiger partial charge in [-0.3, -0.25) is 19.3 Å². The smallest absolute Gasteiger partial charge is 0.265 e. The molecule has 2 amide bonds. The first kappa shape index (κ1) is 24.9. The van der Waals surface area contributed by atoms with Crippen molar-refractivity contribution in [3.63, 3.8) is 0 Å². The first-order chi connectivity index (χ1) is 18.9. The molecule has 9 nitrogen and oxygen atoms in total. The van der Waals surface area contributed by atoms with Crippen LogP contribution < -0.4 is 19.1 Å². The molecule has 0 N–H and O–H groups in total. The van der Waals surface area contributed by atoms with Crippen LogP contribution in [-0.4, -0.2) is 67.0 Å². The fraction of sp³-hybridized carbons (Fsp3) is 0.300. The molecule has 3 aliphatic rings. The molecule has 3 aliphatic heterocycles. The number of ether oxygens (including phenoxy) is 3. The number of Topliss-reactive ketones (excluding diaryl/α,β-unsaturated/α-hetero) is 1. The van der Waals surface area contributed by atoms with E-state index in [4.69, 9.17) is 14.2 Å². The lowest BCUT2D eigenvalue weighted by Gasteiger charge is -2.35. The number of carbonyl (C=O) groups is 3. The minimum atomic E-state index is -0.196. The van der Waals surface area contributed by atoms with Crippen LogP contribution in [0.1, 0.15) is 38.8 Å². The molecule has 6 rings (SSSR count). The Morgan fingerprint density at radius 1 is 0.769 bits per heavy atom. The second kappa shape index (κ2) is 10.4. The second-order valence-corrected chi connectivity index (χ2v) is 9.96. The van der Waals surface area contributed by atoms with Crippen LogP contribution in [0.5, 0.6) is 17.2 Å². The molecule has 1 saturated heterocycles. The number of benzene rings is 3. The Morgan fingerprint density at radius 2 is 1.54 bits per heavy atom. The summed E-state index contributed by atoms with van der Waals surface area (Å²) in [6.07, 6.45) is 0. The summed E-state index contributed by atoms with van der Waals surface area (Å²) in [5.74, 6) is 1.82. The van der Waals surface area contributed by atoms with Gasteiger partial charge in [0.15, 0.2) is 23.9 Å². The number of rotatable bonds is 6. The van der Waals surface area contributed by atoms with Gasteiger partial charge in [0, 0.05) is 43.9 Å². The molecule has 9 heteroatoms. The van der Waals surface area contributed by atoms with Gasteiger partial charge in [-0.05, 0) is 60.5 Å². The van der Waals surface area contributed by atoms with Crippen LogP contribution in [0.3, 0.4) is 0 Å². The number of hydrogen-bond donors (Lipinski definition) is 0. The predicted octanol–water partition coefficient (Wildman–Crippen LogP) is 3.50. The van der Waals surface area contributed by atoms with E-state index in [1.807, 2.05) is 41.3 Å². The van der Waals surface area contributed by atoms with E-state index in [0.717, 1.165) is 42.3 Å². The van der Waals surface area contributed by atoms with E-state index in [0.29, 0.717) is 35.7 Å². The SMILES string of the molecule is CC(=O)c1ccc2c(c1)N(Cc1cccc(C(=O)N3CCN(Cc4ccc5c(c4)OCO5)CC3)c1)C(=O)CO2. The van der Waals surface area contributed by atoms with Gasteiger partial charge >= 0.3 is 0 Å². The van der Waals surface area contributed by atoms with Gasteiger partial charge in [-0.15, -0.1) is 0 Å². The number of fused-ring (bicyclic) bond motifs is 2. The van der Waals surface area contributed by atoms with Crippen molar-refractivity contribution in [1.29, 1.82) is 0 Å². The van der Waals surface area contributed by atoms with Crippen molar-refractivity contribution >= 4 is 23.3 Å². The summed E-state index contributed by atoms with van der Waals surface area (Å²) in [5.41, 5.74) is 3.65. The molecule has 0 spiro atoms. The number of piperazine rings is 1. The van der Waals surface area contributed by atoms with E-state index in [1.165, 1.54) is 6.92 Å². The van der Waals surface area contributed by atoms with Crippen molar-refractivity contribution in [2.75, 3.05) is 44.5 Å². The molecule has 3 aromatic carbocycles. The topological polar surface area (TPSA) is 88.6 Å². The zero-order chi connectivity index (χ0) is 26.9. The minimum Gasteiger partial charge on any atom is -0.482 e. The van der Waals surface area contributed by atoms with E-state index >= 15 is 0 Å². The first-order valence-corrected chi connectivity index (χ1v) is 13.0. The fourth-order valence-corrected chi connectivity index (χ4v) is 5.17. The van der Waals surface area contributed by atoms with E-state index in [-0.39, 0.29) is 37.5 Å². The highest BCUT2D eigenvalue weighted by molar-refractivity contribution is 6.01. The molecule has 0 aromatic heterocycles. The lowest BCUT2D eigenvalue weighted by Crippen LogP contribution is -2.48. The molecule has 0 radical (unpaired) electrons. The van der Waals surface area contributed by atoms with E-state index < -0.39 is 0 Å². The number of hydrogen-bond acceptors (Lipinski definition) is 7. The van der Waals surface area contributed by atoms with Crippen molar-refractivity contribution in [2.24, 2.45) is 0 Å². The van der Waals surface area contributed by atoms with Gasteiger partial charge in [-0.1, -0.05) is 18.2 Å². The molecule has 0 unspecified atom stereocenters. The van der Waals surface area contributed by atoms with Crippen LogP contribution in [0, 0.1) is 0 Å². The van der Waals surface area contributed by atoms with Crippen LogP contribution in [0.2, 0.25) is 0 Å². The molecule has 3 aromatic rings. The highest BCUT2D eigenvalue weighted by Crippen LogP contribution is 2.35. The van der Waals surface area contributed by atoms with Gasteiger partial charge in [0.25, 0.3) is 11.8 Å². The number of nitrogens with zero attached hydrogens (tertiary/aromatic N) is 3. The highest BCUT2D eigenvalue weighted by Gasteiger charge is 2.27. The summed E-state index contributed by atoms with van der Waals surface area (Å²) in [7, 11) is 0. The summed E-state index contributed by atoms with van der Waals surface area (Å²) in [6.45, 7) is 5.57. The molecule has 0 aliphatic carbocycles. The Bertz CT molecular complexity index is 1450. The van der Waals surface area contributed by atoms with Gasteiger partial charge in [0.1, 0.15) is 5.75 Å². The number of ketones is 1. The van der Waals surface area contributed by atoms with Crippen molar-refractivity contribution in [3.8, 4) is 17.2 Å². The van der Waals surface area contributed by atoms with Crippen LogP contribution >= 0.6 is 0 Å². The Hall–Kier alpha value is -4.37. The molecule has 200 valence electrons. The Kier molecular flexibility index (Phi) is 6.66. The van der Waals surface area contributed by atoms with E-state index in [1.54, 1.807) is 23.1 Å². The predicted molar refractivity (Wildman–Crippen MR) is 143 cm³/mol. The normalized spacial score (nSPS) is 16.6. The van der Waals surface area contributed by atoms with Crippen LogP contribution in [-0.2, 0) is 17.9 Å². The van der Waals surface area contributed by atoms with Crippen LogP contribution in [0.4, 0.5) is 5.69 Å². The van der Waals surface area contributed by atoms with Crippen molar-refractivity contribution in [3.05, 3.63) is 82.9 Å². The molecule has 0 bridgehead atoms. The van der Waals surface area contributed by atoms with Crippen molar-refractivity contribution in [2.45, 2.75) is 20.0 Å². The largest absolute Gasteiger partial charge is 0.482 e. The average molecular weight is 528 g/mol. The van der Waals surface area contributed by atoms with E-state index in [9.17, 15) is 14.4 Å². The maximum atomic E-state index is 13.4. The summed E-state index contributed by atoms with van der Waals surface area (Å²) < 4.78 is 16.4. The summed E-state index contributed by atoms with van der Waals surface area (Å²) in [4.78, 5) is 43.8. The molecule has 3 heterocycles. The molecular formula is C30H29N3O6. The van der Waals surface area contributed by atoms with Crippen LogP contribution in [0.15, 0.2) is 60.7 Å². The maximum absolute atomic E-state index is 13.4. The number of carbonyl (C=O) groups excluding carboxylic acids is 3. The lowest BCUT2D eigenvalue weighted by atomic mass is 10.1. The van der Waals surface area contributed by atoms with Crippen molar-refractivity contribution < 1.29 is 28.6 Å². The van der Waals surface area contributed by atoms with Crippen molar-refractivity contribution in [1.82, 2.24) is 9.80 Å². The zero-order valence-corrected chi connectivity index (χ0v) is 21.7. The zero-order valence-electron chi connectivity index (χ0n) is 21.7. The number of amides is 2. The van der Waals surface area contributed by atoms with Gasteiger partial charge in [0.05, 0.1) is 12.2 Å². The Labute approximate surface area is 226 Å². The van der Waals surface area contributed by atoms with Crippen LogP contribution in [0.25, 0.3) is 0 Å². The number of anilines is 1. The standard InChI is InChI=1S/C30H29N3O6/c1-20(34)23-6-8-26-25(15-23)33(29(35)18-37-26)17-21-3-2-4-24(13-21)30(36)32-11-9-31(10-12-32)16-22-5-7-27-28(14-22)39-19-38-27/h2-8,13-15H,9-12,16-19H2,1H3. The third kappa shape index (κ3) is 5.18. The maximum Gasteiger partial charge on any atom is 0.265 e. The van der Waals surface area contributed by atoms with Gasteiger partial charge in [0.2, 0.25) is 6.79 Å². The molecule has 39 heavy (non-hydrogen) atoms. The molecule has 0 atom stereocenters. The average Bonchev–Trinajstić information content (AvgIpc) is 3.42. The Morgan fingerprint density at radius 3 is 2.36 bits per heavy atom. The van der Waals surface area contributed by atoms with E-state index in [2.05, 4.69) is 11.0 Å². The third-order valence-electron chi connectivity index (χ3n) is 7.33. The third-order valence-corrected chi connectivity index (χ3v) is 7.33. The summed E-state index contributed by atoms with van der Waals surface area (Å²) in [6, 6.07) is 18.5. The van der Waals surface area contributed by atoms with Gasteiger partial charge in [-0.25, -0.2) is 0 Å². The Balaban J connectivity index is 1.10. The molecule has 0 saturated carbocycles. The lowest BCUT2D eigenvalue weighted by molar-refractivity contribution is -0.121. The quantitative estimate of drug-likeness (QED) is 0.454. The van der Waals surface area contributed by atoms with Gasteiger partial charge in [-0.2, -0.15) is 0 Å². The summed E-state index contributed by atoms with van der Waals surface area (Å²) in [5, 5.41) is 0.